The molecule has 0 spiro atoms. The van der Waals surface area contributed by atoms with Crippen LogP contribution in [0.1, 0.15) is 61.3 Å². The number of nitrogens with zero attached hydrogens (tertiary/aromatic N) is 2. The Morgan fingerprint density at radius 3 is 2.66 bits per heavy atom. The zero-order chi connectivity index (χ0) is 26.3. The van der Waals surface area contributed by atoms with Gasteiger partial charge >= 0.3 is 0 Å². The first kappa shape index (κ1) is 24.6. The Hall–Kier alpha value is -3.70. The molecule has 2 atom stereocenters. The fraction of sp³-hybridized carbons (Fsp3) is 0.333. The molecule has 5 nitrogen and oxygen atoms in total. The molecule has 1 fully saturated rings. The molecule has 3 aromatic carbocycles. The molecule has 0 radical (unpaired) electrons. The van der Waals surface area contributed by atoms with Crippen LogP contribution in [0.25, 0.3) is 6.08 Å². The topological polar surface area (TPSA) is 52.8 Å². The Balaban J connectivity index is 1.34. The number of hydrogen-bond donors (Lipinski definition) is 1. The number of allylic oxidation sites excluding steroid dienone is 1. The molecule has 1 N–H and O–H groups in total. The van der Waals surface area contributed by atoms with Gasteiger partial charge in [-0.25, -0.2) is 0 Å². The van der Waals surface area contributed by atoms with Crippen LogP contribution in [0.4, 0.5) is 17.1 Å². The second kappa shape index (κ2) is 9.88. The molecule has 5 heteroatoms. The Morgan fingerprint density at radius 1 is 1.05 bits per heavy atom. The number of para-hydroxylation sites is 1. The van der Waals surface area contributed by atoms with Crippen molar-refractivity contribution in [3.63, 3.8) is 0 Å². The van der Waals surface area contributed by atoms with E-state index < -0.39 is 0 Å². The van der Waals surface area contributed by atoms with Crippen LogP contribution >= 0.6 is 0 Å². The van der Waals surface area contributed by atoms with Crippen LogP contribution in [0.3, 0.4) is 0 Å². The molecular weight excluding hydrogens is 472 g/mol. The van der Waals surface area contributed by atoms with E-state index in [4.69, 9.17) is 4.74 Å². The van der Waals surface area contributed by atoms with Gasteiger partial charge in [0.05, 0.1) is 12.0 Å². The Bertz CT molecular complexity index is 1420. The minimum atomic E-state index is -0.154. The van der Waals surface area contributed by atoms with Gasteiger partial charge in [-0.2, -0.15) is 4.58 Å². The second-order valence-corrected chi connectivity index (χ2v) is 11.1. The standard InChI is InChI=1S/C33H35N2O3/c1-33(2)28-7-3-4-8-31(28)34(18-19-38-22-37)32(33)17-13-23-12-16-30-27(20-23)26-6-5-9-29(26)35(30)25-14-10-24(21-36)11-15-25/h3-4,7-8,10-17,20,22,26,29,36H,5-6,9,18-19,21H2,1-2H3/q+1. The molecule has 3 aliphatic rings. The average Bonchev–Trinajstić information content (AvgIpc) is 3.58. The third-order valence-electron chi connectivity index (χ3n) is 8.65. The van der Waals surface area contributed by atoms with Crippen LogP contribution in [0.2, 0.25) is 0 Å². The van der Waals surface area contributed by atoms with E-state index in [1.807, 2.05) is 12.1 Å². The minimum Gasteiger partial charge on any atom is -0.461 e. The lowest BCUT2D eigenvalue weighted by atomic mass is 9.81. The summed E-state index contributed by atoms with van der Waals surface area (Å²) >= 11 is 0. The van der Waals surface area contributed by atoms with Crippen molar-refractivity contribution in [2.75, 3.05) is 18.1 Å². The summed E-state index contributed by atoms with van der Waals surface area (Å²) in [5.74, 6) is 0.549. The molecule has 38 heavy (non-hydrogen) atoms. The molecule has 0 saturated heterocycles. The van der Waals surface area contributed by atoms with Crippen molar-refractivity contribution in [2.45, 2.75) is 57.1 Å². The third-order valence-corrected chi connectivity index (χ3v) is 8.65. The largest absolute Gasteiger partial charge is 0.461 e. The van der Waals surface area contributed by atoms with Crippen LogP contribution in [0.15, 0.2) is 72.8 Å². The monoisotopic (exact) mass is 507 g/mol. The van der Waals surface area contributed by atoms with Crippen LogP contribution in [0, 0.1) is 0 Å². The van der Waals surface area contributed by atoms with Crippen molar-refractivity contribution >= 4 is 35.3 Å². The molecule has 0 bridgehead atoms. The maximum Gasteiger partial charge on any atom is 0.293 e. The van der Waals surface area contributed by atoms with Crippen LogP contribution in [0.5, 0.6) is 0 Å². The van der Waals surface area contributed by atoms with Crippen molar-refractivity contribution in [3.8, 4) is 0 Å². The smallest absolute Gasteiger partial charge is 0.293 e. The number of rotatable bonds is 8. The highest BCUT2D eigenvalue weighted by Gasteiger charge is 2.44. The minimum absolute atomic E-state index is 0.0705. The molecule has 6 rings (SSSR count). The van der Waals surface area contributed by atoms with Crippen molar-refractivity contribution < 1.29 is 19.2 Å². The van der Waals surface area contributed by atoms with Crippen molar-refractivity contribution in [3.05, 3.63) is 95.1 Å². The fourth-order valence-electron chi connectivity index (χ4n) is 6.83. The number of aliphatic hydroxyl groups is 1. The molecule has 194 valence electrons. The second-order valence-electron chi connectivity index (χ2n) is 11.1. The number of benzene rings is 3. The number of hydrogen-bond acceptors (Lipinski definition) is 4. The van der Waals surface area contributed by atoms with Gasteiger partial charge in [-0.3, -0.25) is 4.79 Å². The number of carbonyl (C=O) groups is 1. The summed E-state index contributed by atoms with van der Waals surface area (Å²) in [5.41, 5.74) is 9.62. The van der Waals surface area contributed by atoms with Crippen LogP contribution in [-0.4, -0.2) is 41.1 Å². The van der Waals surface area contributed by atoms with Gasteiger partial charge < -0.3 is 14.7 Å². The zero-order valence-corrected chi connectivity index (χ0v) is 22.1. The maximum atomic E-state index is 10.8. The fourth-order valence-corrected chi connectivity index (χ4v) is 6.83. The Morgan fingerprint density at radius 2 is 1.87 bits per heavy atom. The lowest BCUT2D eigenvalue weighted by molar-refractivity contribution is -0.440. The lowest BCUT2D eigenvalue weighted by Crippen LogP contribution is -2.28. The highest BCUT2D eigenvalue weighted by Crippen LogP contribution is 2.52. The van der Waals surface area contributed by atoms with Crippen molar-refractivity contribution in [2.24, 2.45) is 0 Å². The van der Waals surface area contributed by atoms with E-state index in [2.05, 4.69) is 90.1 Å². The third kappa shape index (κ3) is 4.06. The SMILES string of the molecule is CC1(C)C(C=Cc2ccc3c(c2)C2CCCC2N3c2ccc(CO)cc2)=[N+](CCOC=O)c2ccccc21. The molecule has 2 aliphatic heterocycles. The van der Waals surface area contributed by atoms with Gasteiger partial charge in [-0.1, -0.05) is 42.8 Å². The van der Waals surface area contributed by atoms with Gasteiger partial charge in [0.2, 0.25) is 5.69 Å². The summed E-state index contributed by atoms with van der Waals surface area (Å²) in [6, 6.07) is 24.2. The van der Waals surface area contributed by atoms with E-state index in [0.29, 0.717) is 31.6 Å². The first-order valence-electron chi connectivity index (χ1n) is 13.6. The molecular formula is C33H35N2O3+. The van der Waals surface area contributed by atoms with Gasteiger partial charge in [0.25, 0.3) is 6.47 Å². The van der Waals surface area contributed by atoms with E-state index in [9.17, 15) is 9.90 Å². The summed E-state index contributed by atoms with van der Waals surface area (Å²) in [7, 11) is 0. The number of aliphatic hydroxyl groups excluding tert-OH is 1. The van der Waals surface area contributed by atoms with Gasteiger partial charge in [-0.15, -0.1) is 0 Å². The van der Waals surface area contributed by atoms with E-state index >= 15 is 0 Å². The van der Waals surface area contributed by atoms with Gasteiger partial charge in [0.1, 0.15) is 6.61 Å². The summed E-state index contributed by atoms with van der Waals surface area (Å²) in [6.07, 6.45) is 8.16. The summed E-state index contributed by atoms with van der Waals surface area (Å²) in [4.78, 5) is 13.3. The predicted molar refractivity (Wildman–Crippen MR) is 152 cm³/mol. The molecule has 1 aliphatic carbocycles. The Labute approximate surface area is 224 Å². The average molecular weight is 508 g/mol. The van der Waals surface area contributed by atoms with Crippen LogP contribution < -0.4 is 4.90 Å². The maximum absolute atomic E-state index is 10.8. The Kier molecular flexibility index (Phi) is 6.40. The predicted octanol–water partition coefficient (Wildman–Crippen LogP) is 6.23. The van der Waals surface area contributed by atoms with Gasteiger partial charge in [0, 0.05) is 41.0 Å². The van der Waals surface area contributed by atoms with E-state index in [1.165, 1.54) is 58.7 Å². The van der Waals surface area contributed by atoms with Crippen molar-refractivity contribution in [1.29, 1.82) is 0 Å². The number of fused-ring (bicyclic) bond motifs is 4. The summed E-state index contributed by atoms with van der Waals surface area (Å²) in [6.45, 7) is 6.09. The van der Waals surface area contributed by atoms with Crippen molar-refractivity contribution in [1.82, 2.24) is 0 Å². The highest BCUT2D eigenvalue weighted by molar-refractivity contribution is 6.05. The summed E-state index contributed by atoms with van der Waals surface area (Å²) < 4.78 is 7.35. The van der Waals surface area contributed by atoms with Gasteiger partial charge in [0.15, 0.2) is 12.3 Å². The molecule has 1 saturated carbocycles. The summed E-state index contributed by atoms with van der Waals surface area (Å²) in [5, 5.41) is 9.47. The van der Waals surface area contributed by atoms with E-state index in [0.717, 1.165) is 5.56 Å². The number of ether oxygens (including phenoxy) is 1. The first-order chi connectivity index (χ1) is 18.5. The zero-order valence-electron chi connectivity index (χ0n) is 22.1. The van der Waals surface area contributed by atoms with Gasteiger partial charge in [-0.05, 0) is 73.7 Å². The normalized spacial score (nSPS) is 21.1. The van der Waals surface area contributed by atoms with E-state index in [-0.39, 0.29) is 12.0 Å². The number of anilines is 2. The molecule has 0 amide bonds. The molecule has 2 heterocycles. The first-order valence-corrected chi connectivity index (χ1v) is 13.6. The van der Waals surface area contributed by atoms with E-state index in [1.54, 1.807) is 0 Å². The molecule has 0 aromatic heterocycles. The molecule has 3 aromatic rings. The number of carbonyl (C=O) groups excluding carboxylic acids is 1. The quantitative estimate of drug-likeness (QED) is 0.223. The van der Waals surface area contributed by atoms with Crippen LogP contribution in [-0.2, 0) is 21.6 Å². The highest BCUT2D eigenvalue weighted by atomic mass is 16.5. The molecule has 2 unspecified atom stereocenters. The lowest BCUT2D eigenvalue weighted by Gasteiger charge is -2.27.